The standard InChI is InChI=1S/C23H29N3O6S/c1-30-19-12-16(13-20(31-2)23(19)32-3)14-22(27)25-17-8-7-9-18(15-17)33(28,29)26-21-10-5-4-6-11-24-21/h7-9,12-13,15H,4-6,10-11,14H2,1-3H3,(H,24,26)(H,25,27). The summed E-state index contributed by atoms with van der Waals surface area (Å²) in [6.45, 7) is 0.620. The van der Waals surface area contributed by atoms with Crippen LogP contribution < -0.4 is 24.2 Å². The van der Waals surface area contributed by atoms with Gasteiger partial charge in [-0.25, -0.2) is 8.42 Å². The summed E-state index contributed by atoms with van der Waals surface area (Å²) in [6, 6.07) is 9.51. The van der Waals surface area contributed by atoms with Crippen LogP contribution in [0.2, 0.25) is 0 Å². The Bertz CT molecular complexity index is 1110. The Labute approximate surface area is 194 Å². The lowest BCUT2D eigenvalue weighted by Crippen LogP contribution is -2.30. The van der Waals surface area contributed by atoms with Gasteiger partial charge in [0.25, 0.3) is 10.0 Å². The second kappa shape index (κ2) is 11.0. The van der Waals surface area contributed by atoms with Crippen molar-refractivity contribution < 1.29 is 27.4 Å². The molecule has 2 aromatic rings. The van der Waals surface area contributed by atoms with Crippen LogP contribution in [0.1, 0.15) is 31.2 Å². The number of aliphatic imine (C=N–C) groups is 1. The molecule has 0 saturated carbocycles. The monoisotopic (exact) mass is 475 g/mol. The highest BCUT2D eigenvalue weighted by Gasteiger charge is 2.19. The molecule has 0 unspecified atom stereocenters. The Morgan fingerprint density at radius 3 is 2.39 bits per heavy atom. The van der Waals surface area contributed by atoms with Gasteiger partial charge in [0, 0.05) is 18.7 Å². The zero-order chi connectivity index (χ0) is 23.8. The number of hydrogen-bond acceptors (Lipinski definition) is 7. The van der Waals surface area contributed by atoms with Crippen LogP contribution in [0.5, 0.6) is 17.2 Å². The fraction of sp³-hybridized carbons (Fsp3) is 0.391. The molecule has 2 aromatic carbocycles. The minimum Gasteiger partial charge on any atom is -0.493 e. The summed E-state index contributed by atoms with van der Waals surface area (Å²) in [5.74, 6) is 1.48. The first-order chi connectivity index (χ1) is 15.9. The normalized spacial score (nSPS) is 14.0. The topological polar surface area (TPSA) is 115 Å². The molecule has 0 atom stereocenters. The molecule has 1 aliphatic heterocycles. The molecule has 0 fully saturated rings. The molecule has 0 radical (unpaired) electrons. The average molecular weight is 476 g/mol. The molecule has 0 aliphatic carbocycles. The predicted octanol–water partition coefficient (Wildman–Crippen LogP) is 3.14. The van der Waals surface area contributed by atoms with E-state index in [1.165, 1.54) is 33.5 Å². The number of methoxy groups -OCH3 is 3. The Hall–Kier alpha value is -3.27. The molecular formula is C23H29N3O6S. The second-order valence-corrected chi connectivity index (χ2v) is 9.21. The zero-order valence-electron chi connectivity index (χ0n) is 19.0. The summed E-state index contributed by atoms with van der Waals surface area (Å²) >= 11 is 0. The first-order valence-electron chi connectivity index (χ1n) is 10.6. The molecule has 178 valence electrons. The molecule has 0 aromatic heterocycles. The number of rotatable bonds is 8. The van der Waals surface area contributed by atoms with Gasteiger partial charge in [-0.1, -0.05) is 12.5 Å². The van der Waals surface area contributed by atoms with Crippen LogP contribution in [0.25, 0.3) is 0 Å². The van der Waals surface area contributed by atoms with Crippen molar-refractivity contribution in [3.63, 3.8) is 0 Å². The van der Waals surface area contributed by atoms with Crippen LogP contribution in [0.15, 0.2) is 46.3 Å². The number of benzene rings is 2. The van der Waals surface area contributed by atoms with Gasteiger partial charge in [0.15, 0.2) is 11.5 Å². The van der Waals surface area contributed by atoms with E-state index < -0.39 is 10.0 Å². The molecule has 3 rings (SSSR count). The van der Waals surface area contributed by atoms with Crippen LogP contribution in [-0.2, 0) is 21.2 Å². The van der Waals surface area contributed by atoms with Crippen LogP contribution in [-0.4, -0.2) is 48.0 Å². The number of carbonyl (C=O) groups is 1. The number of nitrogens with one attached hydrogen (secondary N) is 2. The summed E-state index contributed by atoms with van der Waals surface area (Å²) < 4.78 is 44.1. The number of anilines is 1. The van der Waals surface area contributed by atoms with Gasteiger partial charge in [-0.3, -0.25) is 14.5 Å². The largest absolute Gasteiger partial charge is 0.493 e. The lowest BCUT2D eigenvalue weighted by molar-refractivity contribution is -0.115. The minimum atomic E-state index is -3.80. The number of sulfonamides is 1. The third-order valence-electron chi connectivity index (χ3n) is 5.14. The van der Waals surface area contributed by atoms with Crippen molar-refractivity contribution in [2.75, 3.05) is 33.2 Å². The summed E-state index contributed by atoms with van der Waals surface area (Å²) in [5.41, 5.74) is 1.02. The van der Waals surface area contributed by atoms with Crippen molar-refractivity contribution in [3.05, 3.63) is 42.0 Å². The van der Waals surface area contributed by atoms with Gasteiger partial charge in [-0.2, -0.15) is 0 Å². The molecule has 0 saturated heterocycles. The van der Waals surface area contributed by atoms with E-state index in [4.69, 9.17) is 14.2 Å². The molecule has 0 bridgehead atoms. The van der Waals surface area contributed by atoms with Gasteiger partial charge in [0.2, 0.25) is 11.7 Å². The molecule has 33 heavy (non-hydrogen) atoms. The van der Waals surface area contributed by atoms with E-state index >= 15 is 0 Å². The van der Waals surface area contributed by atoms with Crippen LogP contribution >= 0.6 is 0 Å². The van der Waals surface area contributed by atoms with Gasteiger partial charge in [0.05, 0.1) is 32.6 Å². The number of amidine groups is 1. The fourth-order valence-corrected chi connectivity index (χ4v) is 4.67. The van der Waals surface area contributed by atoms with Crippen molar-refractivity contribution in [1.82, 2.24) is 4.72 Å². The summed E-state index contributed by atoms with van der Waals surface area (Å²) in [5, 5.41) is 2.75. The van der Waals surface area contributed by atoms with E-state index in [1.807, 2.05) is 0 Å². The van der Waals surface area contributed by atoms with Gasteiger partial charge in [0.1, 0.15) is 5.84 Å². The average Bonchev–Trinajstić information content (AvgIpc) is 3.06. The fourth-order valence-electron chi connectivity index (χ4n) is 3.54. The quantitative estimate of drug-likeness (QED) is 0.606. The SMILES string of the molecule is COc1cc(CC(=O)Nc2cccc(S(=O)(=O)NC3=NCCCCC3)c2)cc(OC)c1OC. The lowest BCUT2D eigenvalue weighted by Gasteiger charge is -2.14. The van der Waals surface area contributed by atoms with E-state index in [0.29, 0.717) is 47.3 Å². The lowest BCUT2D eigenvalue weighted by atomic mass is 10.1. The number of nitrogens with zero attached hydrogens (tertiary/aromatic N) is 1. The number of amides is 1. The van der Waals surface area contributed by atoms with Crippen LogP contribution in [0.4, 0.5) is 5.69 Å². The van der Waals surface area contributed by atoms with Gasteiger partial charge in [-0.05, 0) is 48.7 Å². The van der Waals surface area contributed by atoms with E-state index in [1.54, 1.807) is 24.3 Å². The van der Waals surface area contributed by atoms with E-state index in [9.17, 15) is 13.2 Å². The molecule has 1 aliphatic rings. The van der Waals surface area contributed by atoms with E-state index in [-0.39, 0.29) is 17.2 Å². The van der Waals surface area contributed by atoms with Crippen LogP contribution in [0.3, 0.4) is 0 Å². The summed E-state index contributed by atoms with van der Waals surface area (Å²) in [4.78, 5) is 17.0. The highest BCUT2D eigenvalue weighted by Crippen LogP contribution is 2.38. The number of carbonyl (C=O) groups excluding carboxylic acids is 1. The maximum absolute atomic E-state index is 12.8. The van der Waals surface area contributed by atoms with Crippen molar-refractivity contribution in [2.24, 2.45) is 4.99 Å². The number of hydrogen-bond donors (Lipinski definition) is 2. The predicted molar refractivity (Wildman–Crippen MR) is 126 cm³/mol. The zero-order valence-corrected chi connectivity index (χ0v) is 19.8. The molecule has 2 N–H and O–H groups in total. The van der Waals surface area contributed by atoms with Gasteiger partial charge in [-0.15, -0.1) is 0 Å². The Morgan fingerprint density at radius 1 is 1.00 bits per heavy atom. The second-order valence-electron chi connectivity index (χ2n) is 7.53. The maximum Gasteiger partial charge on any atom is 0.262 e. The van der Waals surface area contributed by atoms with Crippen molar-refractivity contribution in [2.45, 2.75) is 37.0 Å². The molecule has 1 heterocycles. The Morgan fingerprint density at radius 2 is 1.73 bits per heavy atom. The van der Waals surface area contributed by atoms with E-state index in [2.05, 4.69) is 15.0 Å². The molecule has 9 nitrogen and oxygen atoms in total. The molecular weight excluding hydrogens is 446 g/mol. The third-order valence-corrected chi connectivity index (χ3v) is 6.52. The molecule has 0 spiro atoms. The number of ether oxygens (including phenoxy) is 3. The Kier molecular flexibility index (Phi) is 8.16. The summed E-state index contributed by atoms with van der Waals surface area (Å²) in [7, 11) is 0.710. The molecule has 10 heteroatoms. The summed E-state index contributed by atoms with van der Waals surface area (Å²) in [6.07, 6.45) is 3.52. The first kappa shape index (κ1) is 24.4. The van der Waals surface area contributed by atoms with Crippen LogP contribution in [0, 0.1) is 0 Å². The highest BCUT2D eigenvalue weighted by molar-refractivity contribution is 7.90. The third kappa shape index (κ3) is 6.38. The Balaban J connectivity index is 1.72. The van der Waals surface area contributed by atoms with Crippen molar-refractivity contribution >= 4 is 27.5 Å². The van der Waals surface area contributed by atoms with Crippen molar-refractivity contribution in [1.29, 1.82) is 0 Å². The van der Waals surface area contributed by atoms with Crippen molar-refractivity contribution in [3.8, 4) is 17.2 Å². The minimum absolute atomic E-state index is 0.0305. The van der Waals surface area contributed by atoms with E-state index in [0.717, 1.165) is 19.3 Å². The smallest absolute Gasteiger partial charge is 0.262 e. The van der Waals surface area contributed by atoms with Gasteiger partial charge >= 0.3 is 0 Å². The first-order valence-corrected chi connectivity index (χ1v) is 12.1. The van der Waals surface area contributed by atoms with Gasteiger partial charge < -0.3 is 19.5 Å². The highest BCUT2D eigenvalue weighted by atomic mass is 32.2. The maximum atomic E-state index is 12.8. The molecule has 1 amide bonds.